The summed E-state index contributed by atoms with van der Waals surface area (Å²) in [6, 6.07) is 10.1. The van der Waals surface area contributed by atoms with Gasteiger partial charge in [-0.05, 0) is 67.3 Å². The van der Waals surface area contributed by atoms with E-state index in [0.717, 1.165) is 17.7 Å². The van der Waals surface area contributed by atoms with Crippen LogP contribution in [0.1, 0.15) is 51.6 Å². The van der Waals surface area contributed by atoms with Gasteiger partial charge in [-0.3, -0.25) is 9.59 Å². The van der Waals surface area contributed by atoms with Gasteiger partial charge in [-0.2, -0.15) is 0 Å². The standard InChI is InChI=1S/C21H22N2O4/c1-3-8-23-18-6-5-17(12-14(18)4-7-19(23)24)22-20(25)15-9-13(2)10-16(11-15)21(26)27/h5-6,9-12H,3-4,7-8H2,1-2H3,(H,22,25)(H,26,27). The number of nitrogens with one attached hydrogen (secondary N) is 1. The normalized spacial score (nSPS) is 13.3. The largest absolute Gasteiger partial charge is 0.478 e. The fourth-order valence-corrected chi connectivity index (χ4v) is 3.35. The number of aryl methyl sites for hydroxylation is 2. The minimum atomic E-state index is -1.07. The number of carbonyl (C=O) groups excluding carboxylic acids is 2. The number of anilines is 2. The van der Waals surface area contributed by atoms with Crippen LogP contribution in [0.25, 0.3) is 0 Å². The number of aromatic carboxylic acids is 1. The van der Waals surface area contributed by atoms with Crippen LogP contribution in [0.4, 0.5) is 11.4 Å². The summed E-state index contributed by atoms with van der Waals surface area (Å²) in [4.78, 5) is 37.7. The third-order valence-corrected chi connectivity index (χ3v) is 4.57. The van der Waals surface area contributed by atoms with Gasteiger partial charge in [0, 0.05) is 29.9 Å². The van der Waals surface area contributed by atoms with Gasteiger partial charge in [-0.1, -0.05) is 6.92 Å². The highest BCUT2D eigenvalue weighted by Gasteiger charge is 2.23. The van der Waals surface area contributed by atoms with Crippen LogP contribution in [-0.2, 0) is 11.2 Å². The molecule has 1 aliphatic rings. The molecule has 0 radical (unpaired) electrons. The first-order chi connectivity index (χ1) is 12.9. The van der Waals surface area contributed by atoms with Crippen LogP contribution in [0.5, 0.6) is 0 Å². The third-order valence-electron chi connectivity index (χ3n) is 4.57. The maximum atomic E-state index is 12.6. The SMILES string of the molecule is CCCN1C(=O)CCc2cc(NC(=O)c3cc(C)cc(C(=O)O)c3)ccc21. The molecule has 2 amide bonds. The first-order valence-electron chi connectivity index (χ1n) is 8.98. The highest BCUT2D eigenvalue weighted by atomic mass is 16.4. The van der Waals surface area contributed by atoms with Crippen LogP contribution < -0.4 is 10.2 Å². The number of nitrogens with zero attached hydrogens (tertiary/aromatic N) is 1. The van der Waals surface area contributed by atoms with Crippen molar-refractivity contribution in [3.63, 3.8) is 0 Å². The lowest BCUT2D eigenvalue weighted by Crippen LogP contribution is -2.35. The van der Waals surface area contributed by atoms with E-state index in [1.165, 1.54) is 12.1 Å². The van der Waals surface area contributed by atoms with E-state index in [1.807, 2.05) is 19.1 Å². The number of rotatable bonds is 5. The predicted octanol–water partition coefficient (Wildman–Crippen LogP) is 3.63. The van der Waals surface area contributed by atoms with Crippen LogP contribution in [0.15, 0.2) is 36.4 Å². The molecule has 3 rings (SSSR count). The smallest absolute Gasteiger partial charge is 0.335 e. The van der Waals surface area contributed by atoms with E-state index in [0.29, 0.717) is 36.2 Å². The summed E-state index contributed by atoms with van der Waals surface area (Å²) in [5, 5.41) is 12.0. The molecule has 0 atom stereocenters. The van der Waals surface area contributed by atoms with Crippen molar-refractivity contribution in [2.24, 2.45) is 0 Å². The molecule has 0 saturated carbocycles. The molecule has 0 aliphatic carbocycles. The van der Waals surface area contributed by atoms with Crippen molar-refractivity contribution in [3.8, 4) is 0 Å². The van der Waals surface area contributed by atoms with Crippen molar-refractivity contribution in [1.82, 2.24) is 0 Å². The van der Waals surface area contributed by atoms with Gasteiger partial charge in [-0.15, -0.1) is 0 Å². The molecule has 0 spiro atoms. The molecule has 6 nitrogen and oxygen atoms in total. The Labute approximate surface area is 157 Å². The van der Waals surface area contributed by atoms with E-state index in [-0.39, 0.29) is 17.4 Å². The average molecular weight is 366 g/mol. The van der Waals surface area contributed by atoms with Crippen molar-refractivity contribution in [3.05, 3.63) is 58.7 Å². The number of hydrogen-bond acceptors (Lipinski definition) is 3. The molecule has 0 saturated heterocycles. The first-order valence-corrected chi connectivity index (χ1v) is 8.98. The van der Waals surface area contributed by atoms with Crippen molar-refractivity contribution < 1.29 is 19.5 Å². The van der Waals surface area contributed by atoms with Crippen LogP contribution in [0.2, 0.25) is 0 Å². The average Bonchev–Trinajstić information content (AvgIpc) is 2.63. The number of carboxylic acids is 1. The monoisotopic (exact) mass is 366 g/mol. The molecule has 2 aromatic carbocycles. The number of amides is 2. The fourth-order valence-electron chi connectivity index (χ4n) is 3.35. The van der Waals surface area contributed by atoms with Crippen LogP contribution >= 0.6 is 0 Å². The molecule has 0 bridgehead atoms. The second-order valence-corrected chi connectivity index (χ2v) is 6.74. The van der Waals surface area contributed by atoms with Crippen molar-refractivity contribution in [2.45, 2.75) is 33.1 Å². The fraction of sp³-hybridized carbons (Fsp3) is 0.286. The molecular weight excluding hydrogens is 344 g/mol. The van der Waals surface area contributed by atoms with Gasteiger partial charge in [0.2, 0.25) is 5.91 Å². The molecule has 0 fully saturated rings. The number of fused-ring (bicyclic) bond motifs is 1. The molecule has 6 heteroatoms. The summed E-state index contributed by atoms with van der Waals surface area (Å²) >= 11 is 0. The zero-order chi connectivity index (χ0) is 19.6. The Hall–Kier alpha value is -3.15. The topological polar surface area (TPSA) is 86.7 Å². The highest BCUT2D eigenvalue weighted by molar-refractivity contribution is 6.06. The maximum Gasteiger partial charge on any atom is 0.335 e. The zero-order valence-electron chi connectivity index (χ0n) is 15.4. The summed E-state index contributed by atoms with van der Waals surface area (Å²) < 4.78 is 0. The highest BCUT2D eigenvalue weighted by Crippen LogP contribution is 2.30. The summed E-state index contributed by atoms with van der Waals surface area (Å²) in [5.41, 5.74) is 3.64. The van der Waals surface area contributed by atoms with Gasteiger partial charge >= 0.3 is 5.97 Å². The van der Waals surface area contributed by atoms with Crippen LogP contribution in [0.3, 0.4) is 0 Å². The lowest BCUT2D eigenvalue weighted by atomic mass is 10.00. The van der Waals surface area contributed by atoms with E-state index >= 15 is 0 Å². The van der Waals surface area contributed by atoms with Crippen molar-refractivity contribution in [1.29, 1.82) is 0 Å². The molecule has 2 N–H and O–H groups in total. The Morgan fingerprint density at radius 2 is 1.85 bits per heavy atom. The Balaban J connectivity index is 1.84. The summed E-state index contributed by atoms with van der Waals surface area (Å²) in [6.07, 6.45) is 1.99. The molecule has 27 heavy (non-hydrogen) atoms. The summed E-state index contributed by atoms with van der Waals surface area (Å²) in [5.74, 6) is -1.30. The number of carbonyl (C=O) groups is 3. The van der Waals surface area contributed by atoms with Gasteiger partial charge in [0.05, 0.1) is 5.56 Å². The van der Waals surface area contributed by atoms with Gasteiger partial charge in [0.1, 0.15) is 0 Å². The van der Waals surface area contributed by atoms with Gasteiger partial charge < -0.3 is 15.3 Å². The Morgan fingerprint density at radius 1 is 1.11 bits per heavy atom. The molecule has 0 unspecified atom stereocenters. The van der Waals surface area contributed by atoms with E-state index < -0.39 is 5.97 Å². The van der Waals surface area contributed by atoms with E-state index in [2.05, 4.69) is 5.32 Å². The van der Waals surface area contributed by atoms with Crippen LogP contribution in [-0.4, -0.2) is 29.4 Å². The second kappa shape index (κ2) is 7.61. The van der Waals surface area contributed by atoms with Gasteiger partial charge in [-0.25, -0.2) is 4.79 Å². The van der Waals surface area contributed by atoms with Gasteiger partial charge in [0.15, 0.2) is 0 Å². The Kier molecular flexibility index (Phi) is 5.26. The molecule has 1 aliphatic heterocycles. The quantitative estimate of drug-likeness (QED) is 0.846. The minimum Gasteiger partial charge on any atom is -0.478 e. The van der Waals surface area contributed by atoms with Crippen molar-refractivity contribution in [2.75, 3.05) is 16.8 Å². The van der Waals surface area contributed by atoms with E-state index in [4.69, 9.17) is 5.11 Å². The number of benzene rings is 2. The third kappa shape index (κ3) is 4.00. The lowest BCUT2D eigenvalue weighted by Gasteiger charge is -2.29. The van der Waals surface area contributed by atoms with E-state index in [1.54, 1.807) is 24.0 Å². The molecule has 0 aromatic heterocycles. The van der Waals surface area contributed by atoms with Gasteiger partial charge in [0.25, 0.3) is 5.91 Å². The molecule has 1 heterocycles. The first kappa shape index (κ1) is 18.6. The second-order valence-electron chi connectivity index (χ2n) is 6.74. The molecule has 2 aromatic rings. The Morgan fingerprint density at radius 3 is 2.56 bits per heavy atom. The van der Waals surface area contributed by atoms with Crippen molar-refractivity contribution >= 4 is 29.2 Å². The molecular formula is C21H22N2O4. The minimum absolute atomic E-state index is 0.0827. The predicted molar refractivity (Wildman–Crippen MR) is 103 cm³/mol. The lowest BCUT2D eigenvalue weighted by molar-refractivity contribution is -0.118. The number of hydrogen-bond donors (Lipinski definition) is 2. The zero-order valence-corrected chi connectivity index (χ0v) is 15.4. The number of carboxylic acid groups (broad SMARTS) is 1. The summed E-state index contributed by atoms with van der Waals surface area (Å²) in [6.45, 7) is 4.46. The summed E-state index contributed by atoms with van der Waals surface area (Å²) in [7, 11) is 0. The van der Waals surface area contributed by atoms with Crippen LogP contribution in [0, 0.1) is 6.92 Å². The Bertz CT molecular complexity index is 920. The van der Waals surface area contributed by atoms with E-state index in [9.17, 15) is 14.4 Å². The molecule has 140 valence electrons. The maximum absolute atomic E-state index is 12.6.